The summed E-state index contributed by atoms with van der Waals surface area (Å²) in [5.74, 6) is 0.791. The fraction of sp³-hybridized carbons (Fsp3) is 0.529. The summed E-state index contributed by atoms with van der Waals surface area (Å²) in [5, 5.41) is 4.51. The summed E-state index contributed by atoms with van der Waals surface area (Å²) in [5.41, 5.74) is -0.304. The topological polar surface area (TPSA) is 39.8 Å². The highest BCUT2D eigenvalue weighted by Crippen LogP contribution is 2.73. The molecular formula is C17H17F2N3O. The molecule has 4 nitrogen and oxygen atoms in total. The van der Waals surface area contributed by atoms with Crippen molar-refractivity contribution in [1.29, 1.82) is 0 Å². The summed E-state index contributed by atoms with van der Waals surface area (Å²) in [7, 11) is 0. The zero-order chi connectivity index (χ0) is 15.8. The van der Waals surface area contributed by atoms with Crippen molar-refractivity contribution in [3.63, 3.8) is 0 Å². The van der Waals surface area contributed by atoms with E-state index in [9.17, 15) is 13.6 Å². The van der Waals surface area contributed by atoms with Crippen molar-refractivity contribution < 1.29 is 8.78 Å². The maximum atomic E-state index is 13.0. The van der Waals surface area contributed by atoms with Crippen LogP contribution in [0.2, 0.25) is 0 Å². The van der Waals surface area contributed by atoms with Crippen LogP contribution in [0.25, 0.3) is 0 Å². The van der Waals surface area contributed by atoms with Gasteiger partial charge in [0.2, 0.25) is 6.43 Å². The van der Waals surface area contributed by atoms with E-state index in [0.717, 1.165) is 24.2 Å². The second-order valence-electron chi connectivity index (χ2n) is 7.36. The van der Waals surface area contributed by atoms with Crippen LogP contribution in [-0.2, 0) is 12.0 Å². The number of alkyl halides is 2. The minimum Gasteiger partial charge on any atom is -0.271 e. The fourth-order valence-corrected chi connectivity index (χ4v) is 4.86. The molecule has 6 heteroatoms. The molecule has 120 valence electrons. The van der Waals surface area contributed by atoms with Crippen LogP contribution in [0.1, 0.15) is 43.1 Å². The third-order valence-corrected chi connectivity index (χ3v) is 5.97. The number of fused-ring (bicyclic) bond motifs is 1. The molecule has 0 amide bonds. The van der Waals surface area contributed by atoms with E-state index in [0.29, 0.717) is 19.3 Å². The molecule has 0 spiro atoms. The Morgan fingerprint density at radius 2 is 1.87 bits per heavy atom. The van der Waals surface area contributed by atoms with Gasteiger partial charge in [-0.25, -0.2) is 18.3 Å². The molecule has 3 fully saturated rings. The van der Waals surface area contributed by atoms with Crippen molar-refractivity contribution in [2.24, 2.45) is 5.41 Å². The van der Waals surface area contributed by atoms with Gasteiger partial charge in [0.1, 0.15) is 5.82 Å². The van der Waals surface area contributed by atoms with Crippen molar-refractivity contribution in [1.82, 2.24) is 14.3 Å². The molecule has 1 aromatic heterocycles. The number of hydrogen-bond acceptors (Lipinski definition) is 2. The van der Waals surface area contributed by atoms with Crippen LogP contribution in [0.4, 0.5) is 8.78 Å². The summed E-state index contributed by atoms with van der Waals surface area (Å²) in [6.45, 7) is 0. The third kappa shape index (κ3) is 1.54. The lowest BCUT2D eigenvalue weighted by atomic mass is 9.39. The number of halogens is 2. The lowest BCUT2D eigenvalue weighted by molar-refractivity contribution is -0.258. The Bertz CT molecular complexity index is 819. The summed E-state index contributed by atoms with van der Waals surface area (Å²) in [6, 6.07) is 9.96. The van der Waals surface area contributed by atoms with Gasteiger partial charge in [-0.1, -0.05) is 30.3 Å². The SMILES string of the molecule is O=c1n(C23CC(C(F)F)(C2)C3)nc2n1[C@H](c1ccccc1)CC2. The van der Waals surface area contributed by atoms with E-state index in [1.807, 2.05) is 30.3 Å². The molecule has 2 bridgehead atoms. The fourth-order valence-electron chi connectivity index (χ4n) is 4.86. The van der Waals surface area contributed by atoms with Crippen molar-refractivity contribution in [3.05, 3.63) is 52.2 Å². The summed E-state index contributed by atoms with van der Waals surface area (Å²) < 4.78 is 29.3. The van der Waals surface area contributed by atoms with Gasteiger partial charge in [0.05, 0.1) is 11.6 Å². The highest BCUT2D eigenvalue weighted by atomic mass is 19.3. The van der Waals surface area contributed by atoms with Gasteiger partial charge >= 0.3 is 5.69 Å². The molecule has 0 unspecified atom stereocenters. The Morgan fingerprint density at radius 1 is 1.17 bits per heavy atom. The van der Waals surface area contributed by atoms with Crippen LogP contribution >= 0.6 is 0 Å². The highest BCUT2D eigenvalue weighted by Gasteiger charge is 2.74. The number of aryl methyl sites for hydroxylation is 1. The standard InChI is InChI=1S/C17H17F2N3O/c18-14(19)16-8-17(9-16,10-16)22-15(23)21-12(6-7-13(21)20-22)11-4-2-1-3-5-11/h1-5,12,14H,6-10H2/t12-,16?,17?/m0/s1. The Morgan fingerprint density at radius 3 is 2.52 bits per heavy atom. The zero-order valence-electron chi connectivity index (χ0n) is 12.6. The van der Waals surface area contributed by atoms with E-state index >= 15 is 0 Å². The molecule has 1 aromatic carbocycles. The average molecular weight is 317 g/mol. The van der Waals surface area contributed by atoms with Crippen LogP contribution < -0.4 is 5.69 Å². The lowest BCUT2D eigenvalue weighted by Gasteiger charge is -2.68. The lowest BCUT2D eigenvalue weighted by Crippen LogP contribution is -2.72. The van der Waals surface area contributed by atoms with Gasteiger partial charge in [0.15, 0.2) is 0 Å². The maximum Gasteiger partial charge on any atom is 0.347 e. The minimum atomic E-state index is -2.29. The van der Waals surface area contributed by atoms with Crippen molar-refractivity contribution in [2.45, 2.75) is 50.1 Å². The molecule has 6 rings (SSSR count). The molecule has 0 saturated heterocycles. The molecule has 4 aliphatic rings. The number of hydrogen-bond donors (Lipinski definition) is 0. The van der Waals surface area contributed by atoms with Gasteiger partial charge in [0, 0.05) is 11.8 Å². The smallest absolute Gasteiger partial charge is 0.271 e. The molecule has 23 heavy (non-hydrogen) atoms. The Kier molecular flexibility index (Phi) is 2.40. The van der Waals surface area contributed by atoms with Gasteiger partial charge in [-0.05, 0) is 31.2 Å². The van der Waals surface area contributed by atoms with Crippen LogP contribution in [0.15, 0.2) is 35.1 Å². The van der Waals surface area contributed by atoms with E-state index in [-0.39, 0.29) is 11.7 Å². The van der Waals surface area contributed by atoms with Crippen molar-refractivity contribution >= 4 is 0 Å². The molecule has 1 atom stereocenters. The van der Waals surface area contributed by atoms with E-state index in [1.54, 1.807) is 4.57 Å². The number of aromatic nitrogens is 3. The molecule has 1 aliphatic heterocycles. The summed E-state index contributed by atoms with van der Waals surface area (Å²) >= 11 is 0. The minimum absolute atomic E-state index is 0.0175. The first-order valence-corrected chi connectivity index (χ1v) is 8.09. The predicted molar refractivity (Wildman–Crippen MR) is 79.7 cm³/mol. The molecule has 0 N–H and O–H groups in total. The number of benzene rings is 1. The van der Waals surface area contributed by atoms with Crippen molar-refractivity contribution in [2.75, 3.05) is 0 Å². The average Bonchev–Trinajstić information content (AvgIpc) is 2.99. The Hall–Kier alpha value is -1.98. The number of nitrogens with zero attached hydrogens (tertiary/aromatic N) is 3. The summed E-state index contributed by atoms with van der Waals surface area (Å²) in [6.07, 6.45) is 0.526. The van der Waals surface area contributed by atoms with Crippen LogP contribution in [-0.4, -0.2) is 20.8 Å². The largest absolute Gasteiger partial charge is 0.347 e. The van der Waals surface area contributed by atoms with Gasteiger partial charge in [-0.15, -0.1) is 0 Å². The Labute approximate surface area is 131 Å². The maximum absolute atomic E-state index is 13.0. The quantitative estimate of drug-likeness (QED) is 0.873. The highest BCUT2D eigenvalue weighted by molar-refractivity contribution is 5.25. The Balaban J connectivity index is 1.51. The van der Waals surface area contributed by atoms with Crippen LogP contribution in [0.5, 0.6) is 0 Å². The first-order chi connectivity index (χ1) is 11.0. The van der Waals surface area contributed by atoms with Gasteiger partial charge in [-0.2, -0.15) is 5.10 Å². The summed E-state index contributed by atoms with van der Waals surface area (Å²) in [4.78, 5) is 12.9. The second kappa shape index (κ2) is 4.10. The van der Waals surface area contributed by atoms with Gasteiger partial charge in [0.25, 0.3) is 0 Å². The molecule has 2 heterocycles. The predicted octanol–water partition coefficient (Wildman–Crippen LogP) is 2.72. The first-order valence-electron chi connectivity index (χ1n) is 8.09. The van der Waals surface area contributed by atoms with Gasteiger partial charge in [-0.3, -0.25) is 4.57 Å². The van der Waals surface area contributed by atoms with E-state index < -0.39 is 17.4 Å². The normalized spacial score (nSPS) is 34.1. The van der Waals surface area contributed by atoms with Crippen molar-refractivity contribution in [3.8, 4) is 0 Å². The van der Waals surface area contributed by atoms with Crippen LogP contribution in [0, 0.1) is 5.41 Å². The first kappa shape index (κ1) is 13.5. The molecule has 2 aromatic rings. The van der Waals surface area contributed by atoms with Gasteiger partial charge < -0.3 is 0 Å². The second-order valence-corrected chi connectivity index (χ2v) is 7.36. The third-order valence-electron chi connectivity index (χ3n) is 5.97. The van der Waals surface area contributed by atoms with E-state index in [1.165, 1.54) is 4.68 Å². The number of rotatable bonds is 3. The molecule has 3 saturated carbocycles. The van der Waals surface area contributed by atoms with Crippen LogP contribution in [0.3, 0.4) is 0 Å². The monoisotopic (exact) mass is 317 g/mol. The van der Waals surface area contributed by atoms with E-state index in [4.69, 9.17) is 0 Å². The van der Waals surface area contributed by atoms with E-state index in [2.05, 4.69) is 5.10 Å². The molecular weight excluding hydrogens is 300 g/mol. The molecule has 0 radical (unpaired) electrons. The zero-order valence-corrected chi connectivity index (χ0v) is 12.6. The molecule has 3 aliphatic carbocycles.